The van der Waals surface area contributed by atoms with Crippen molar-refractivity contribution in [3.63, 3.8) is 0 Å². The molecule has 10 heavy (non-hydrogen) atoms. The van der Waals surface area contributed by atoms with Crippen molar-refractivity contribution in [3.8, 4) is 0 Å². The van der Waals surface area contributed by atoms with Crippen LogP contribution in [0.25, 0.3) is 0 Å². The lowest BCUT2D eigenvalue weighted by atomic mass is 10.0. The minimum Gasteiger partial charge on any atom is -0.321 e. The third-order valence-electron chi connectivity index (χ3n) is 1.59. The highest BCUT2D eigenvalue weighted by atomic mass is 15.1. The van der Waals surface area contributed by atoms with Crippen LogP contribution in [0.1, 0.15) is 0 Å². The molecular formula is C7H7N3. The Morgan fingerprint density at radius 1 is 1.50 bits per heavy atom. The molecule has 0 fully saturated rings. The van der Waals surface area contributed by atoms with Crippen LogP contribution in [-0.4, -0.2) is 6.04 Å². The molecule has 0 spiro atoms. The summed E-state index contributed by atoms with van der Waals surface area (Å²) in [5, 5.41) is 7.62. The second-order valence-electron chi connectivity index (χ2n) is 2.26. The Bertz CT molecular complexity index is 271. The first kappa shape index (κ1) is 5.56. The lowest BCUT2D eigenvalue weighted by Crippen LogP contribution is -2.21. The highest BCUT2D eigenvalue weighted by molar-refractivity contribution is 5.44. The van der Waals surface area contributed by atoms with Gasteiger partial charge in [0, 0.05) is 5.57 Å². The largest absolute Gasteiger partial charge is 0.321 e. The first-order valence-electron chi connectivity index (χ1n) is 3.13. The van der Waals surface area contributed by atoms with E-state index in [1.807, 2.05) is 18.2 Å². The fraction of sp³-hybridized carbons (Fsp3) is 0.143. The summed E-state index contributed by atoms with van der Waals surface area (Å²) in [7, 11) is 0. The summed E-state index contributed by atoms with van der Waals surface area (Å²) < 4.78 is 0. The molecule has 0 aromatic carbocycles. The average Bonchev–Trinajstić information content (AvgIpc) is 2.36. The lowest BCUT2D eigenvalue weighted by molar-refractivity contribution is 0.949. The van der Waals surface area contributed by atoms with Gasteiger partial charge in [0.15, 0.2) is 0 Å². The van der Waals surface area contributed by atoms with Gasteiger partial charge in [-0.2, -0.15) is 10.2 Å². The van der Waals surface area contributed by atoms with Crippen LogP contribution in [0.4, 0.5) is 0 Å². The molecule has 0 saturated heterocycles. The first-order chi connectivity index (χ1) is 4.88. The molecule has 3 nitrogen and oxygen atoms in total. The zero-order valence-corrected chi connectivity index (χ0v) is 5.36. The highest BCUT2D eigenvalue weighted by Gasteiger charge is 2.16. The Morgan fingerprint density at radius 2 is 2.40 bits per heavy atom. The quantitative estimate of drug-likeness (QED) is 0.528. The Balaban J connectivity index is 2.45. The van der Waals surface area contributed by atoms with Gasteiger partial charge in [0.25, 0.3) is 0 Å². The molecule has 0 aromatic heterocycles. The Labute approximate surface area is 58.6 Å². The molecular weight excluding hydrogens is 126 g/mol. The molecule has 0 radical (unpaired) electrons. The minimum absolute atomic E-state index is 0.0185. The molecule has 1 aliphatic heterocycles. The van der Waals surface area contributed by atoms with Crippen LogP contribution in [0, 0.1) is 0 Å². The number of allylic oxidation sites excluding steroid dienone is 2. The Kier molecular flexibility index (Phi) is 1.05. The Hall–Kier alpha value is -1.22. The predicted molar refractivity (Wildman–Crippen MR) is 38.1 cm³/mol. The van der Waals surface area contributed by atoms with Gasteiger partial charge >= 0.3 is 0 Å². The lowest BCUT2D eigenvalue weighted by Gasteiger charge is -2.10. The van der Waals surface area contributed by atoms with E-state index in [4.69, 9.17) is 5.73 Å². The van der Waals surface area contributed by atoms with Crippen molar-refractivity contribution < 1.29 is 0 Å². The van der Waals surface area contributed by atoms with E-state index in [1.54, 1.807) is 6.20 Å². The summed E-state index contributed by atoms with van der Waals surface area (Å²) in [5.41, 5.74) is 7.62. The van der Waals surface area contributed by atoms with Gasteiger partial charge in [0.1, 0.15) is 0 Å². The molecule has 1 atom stereocenters. The molecule has 1 heterocycles. The van der Waals surface area contributed by atoms with Crippen LogP contribution in [0.2, 0.25) is 0 Å². The predicted octanol–water partition coefficient (Wildman–Crippen LogP) is 1.12. The molecule has 50 valence electrons. The second kappa shape index (κ2) is 1.88. The van der Waals surface area contributed by atoms with Crippen LogP contribution in [0.3, 0.4) is 0 Å². The third-order valence-corrected chi connectivity index (χ3v) is 1.59. The van der Waals surface area contributed by atoms with E-state index in [9.17, 15) is 0 Å². The van der Waals surface area contributed by atoms with Gasteiger partial charge < -0.3 is 5.73 Å². The number of azo groups is 1. The van der Waals surface area contributed by atoms with Crippen molar-refractivity contribution in [1.82, 2.24) is 0 Å². The topological polar surface area (TPSA) is 50.7 Å². The molecule has 0 aromatic rings. The molecule has 0 unspecified atom stereocenters. The summed E-state index contributed by atoms with van der Waals surface area (Å²) in [6, 6.07) is -0.0185. The van der Waals surface area contributed by atoms with E-state index in [2.05, 4.69) is 10.2 Å². The fourth-order valence-corrected chi connectivity index (χ4v) is 1.03. The summed E-state index contributed by atoms with van der Waals surface area (Å²) in [4.78, 5) is 0. The molecule has 2 rings (SSSR count). The number of fused-ring (bicyclic) bond motifs is 1. The van der Waals surface area contributed by atoms with Crippen molar-refractivity contribution in [2.45, 2.75) is 6.04 Å². The van der Waals surface area contributed by atoms with Gasteiger partial charge in [-0.25, -0.2) is 0 Å². The summed E-state index contributed by atoms with van der Waals surface area (Å²) in [6.45, 7) is 0. The SMILES string of the molecule is N[C@H]1C=CC=C2N=NC=C21. The number of hydrogen-bond donors (Lipinski definition) is 1. The molecule has 0 saturated carbocycles. The number of nitrogens with two attached hydrogens (primary N) is 1. The zero-order chi connectivity index (χ0) is 6.97. The summed E-state index contributed by atoms with van der Waals surface area (Å²) in [5.74, 6) is 0. The third kappa shape index (κ3) is 0.642. The van der Waals surface area contributed by atoms with Crippen LogP contribution in [-0.2, 0) is 0 Å². The van der Waals surface area contributed by atoms with E-state index in [1.165, 1.54) is 0 Å². The normalized spacial score (nSPS) is 27.9. The molecule has 1 aliphatic carbocycles. The maximum atomic E-state index is 5.70. The number of rotatable bonds is 0. The molecule has 2 aliphatic rings. The summed E-state index contributed by atoms with van der Waals surface area (Å²) >= 11 is 0. The second-order valence-corrected chi connectivity index (χ2v) is 2.26. The van der Waals surface area contributed by atoms with Crippen LogP contribution in [0.5, 0.6) is 0 Å². The monoisotopic (exact) mass is 133 g/mol. The average molecular weight is 133 g/mol. The van der Waals surface area contributed by atoms with Crippen LogP contribution in [0.15, 0.2) is 45.9 Å². The van der Waals surface area contributed by atoms with Gasteiger partial charge in [-0.05, 0) is 6.08 Å². The molecule has 2 N–H and O–H groups in total. The van der Waals surface area contributed by atoms with Gasteiger partial charge in [0.05, 0.1) is 17.9 Å². The van der Waals surface area contributed by atoms with Gasteiger partial charge in [-0.15, -0.1) is 0 Å². The van der Waals surface area contributed by atoms with Gasteiger partial charge in [-0.1, -0.05) is 12.2 Å². The fourth-order valence-electron chi connectivity index (χ4n) is 1.03. The molecule has 0 amide bonds. The van der Waals surface area contributed by atoms with Gasteiger partial charge in [-0.3, -0.25) is 0 Å². The van der Waals surface area contributed by atoms with E-state index in [0.717, 1.165) is 11.3 Å². The van der Waals surface area contributed by atoms with E-state index < -0.39 is 0 Å². The molecule has 3 heteroatoms. The number of hydrogen-bond acceptors (Lipinski definition) is 3. The zero-order valence-electron chi connectivity index (χ0n) is 5.36. The van der Waals surface area contributed by atoms with E-state index in [0.29, 0.717) is 0 Å². The van der Waals surface area contributed by atoms with Gasteiger partial charge in [0.2, 0.25) is 0 Å². The minimum atomic E-state index is -0.0185. The van der Waals surface area contributed by atoms with Crippen molar-refractivity contribution in [3.05, 3.63) is 35.7 Å². The maximum Gasteiger partial charge on any atom is 0.0923 e. The van der Waals surface area contributed by atoms with Crippen LogP contribution >= 0.6 is 0 Å². The van der Waals surface area contributed by atoms with Crippen molar-refractivity contribution >= 4 is 0 Å². The smallest absolute Gasteiger partial charge is 0.0923 e. The van der Waals surface area contributed by atoms with Crippen molar-refractivity contribution in [2.75, 3.05) is 0 Å². The van der Waals surface area contributed by atoms with Crippen molar-refractivity contribution in [2.24, 2.45) is 16.0 Å². The standard InChI is InChI=1S/C7H7N3/c8-6-2-1-3-7-5(6)4-9-10-7/h1-4,6H,8H2/t6-/m0/s1. The van der Waals surface area contributed by atoms with E-state index >= 15 is 0 Å². The first-order valence-corrected chi connectivity index (χ1v) is 3.13. The molecule has 0 bridgehead atoms. The van der Waals surface area contributed by atoms with Crippen LogP contribution < -0.4 is 5.73 Å². The highest BCUT2D eigenvalue weighted by Crippen LogP contribution is 2.24. The van der Waals surface area contributed by atoms with E-state index in [-0.39, 0.29) is 6.04 Å². The Morgan fingerprint density at radius 3 is 3.20 bits per heavy atom. The summed E-state index contributed by atoms with van der Waals surface area (Å²) in [6.07, 6.45) is 7.44. The van der Waals surface area contributed by atoms with Crippen molar-refractivity contribution in [1.29, 1.82) is 0 Å². The number of nitrogens with zero attached hydrogens (tertiary/aromatic N) is 2. The maximum absolute atomic E-state index is 5.70.